The van der Waals surface area contributed by atoms with Gasteiger partial charge in [-0.1, -0.05) is 22.9 Å². The molecule has 0 spiro atoms. The molecule has 0 aliphatic rings. The van der Waals surface area contributed by atoms with Gasteiger partial charge >= 0.3 is 0 Å². The van der Waals surface area contributed by atoms with Crippen molar-refractivity contribution in [3.63, 3.8) is 0 Å². The summed E-state index contributed by atoms with van der Waals surface area (Å²) in [4.78, 5) is 0. The van der Waals surface area contributed by atoms with E-state index >= 15 is 0 Å². The maximum Gasteiger partial charge on any atom is 0.250 e. The molecule has 0 atom stereocenters. The van der Waals surface area contributed by atoms with Crippen LogP contribution in [0.25, 0.3) is 11.5 Å². The van der Waals surface area contributed by atoms with E-state index in [9.17, 15) is 4.39 Å². The highest BCUT2D eigenvalue weighted by atomic mass is 79.9. The van der Waals surface area contributed by atoms with Gasteiger partial charge in [0.05, 0.1) is 5.56 Å². The van der Waals surface area contributed by atoms with Crippen LogP contribution in [0, 0.1) is 5.82 Å². The average molecular weight is 285 g/mol. The number of hydrogen-bond donors (Lipinski definition) is 0. The van der Waals surface area contributed by atoms with Crippen molar-refractivity contribution < 1.29 is 8.81 Å². The van der Waals surface area contributed by atoms with Gasteiger partial charge in [-0.25, -0.2) is 4.39 Å². The van der Waals surface area contributed by atoms with Crippen molar-refractivity contribution in [2.75, 3.05) is 0 Å². The average Bonchev–Trinajstić information content (AvgIpc) is 2.67. The first-order chi connectivity index (χ1) is 7.70. The lowest BCUT2D eigenvalue weighted by atomic mass is 10.2. The van der Waals surface area contributed by atoms with Gasteiger partial charge in [0.25, 0.3) is 5.89 Å². The van der Waals surface area contributed by atoms with Crippen molar-refractivity contribution in [3.05, 3.63) is 34.4 Å². The lowest BCUT2D eigenvalue weighted by Crippen LogP contribution is -1.84. The van der Waals surface area contributed by atoms with Crippen LogP contribution in [0.2, 0.25) is 0 Å². The van der Waals surface area contributed by atoms with Gasteiger partial charge in [0.15, 0.2) is 0 Å². The standard InChI is InChI=1S/C11H10BrFN2O/c1-2-3-10-14-15-11(16-10)8-5-4-7(12)6-9(8)13/h4-6H,2-3H2,1H3. The fourth-order valence-corrected chi connectivity index (χ4v) is 1.67. The Bertz CT molecular complexity index is 498. The largest absolute Gasteiger partial charge is 0.421 e. The van der Waals surface area contributed by atoms with Crippen LogP contribution in [-0.2, 0) is 6.42 Å². The molecule has 0 unspecified atom stereocenters. The summed E-state index contributed by atoms with van der Waals surface area (Å²) in [6.07, 6.45) is 1.63. The van der Waals surface area contributed by atoms with Crippen LogP contribution < -0.4 is 0 Å². The molecule has 1 aromatic carbocycles. The monoisotopic (exact) mass is 284 g/mol. The van der Waals surface area contributed by atoms with E-state index in [1.807, 2.05) is 6.92 Å². The summed E-state index contributed by atoms with van der Waals surface area (Å²) in [5, 5.41) is 7.67. The summed E-state index contributed by atoms with van der Waals surface area (Å²) in [5.41, 5.74) is 0.332. The second-order valence-electron chi connectivity index (χ2n) is 3.38. The zero-order chi connectivity index (χ0) is 11.5. The molecule has 1 aromatic heterocycles. The molecular formula is C11H10BrFN2O. The van der Waals surface area contributed by atoms with Crippen LogP contribution in [0.1, 0.15) is 19.2 Å². The zero-order valence-corrected chi connectivity index (χ0v) is 10.3. The number of halogens is 2. The number of benzene rings is 1. The third-order valence-corrected chi connectivity index (χ3v) is 2.59. The Morgan fingerprint density at radius 1 is 1.38 bits per heavy atom. The lowest BCUT2D eigenvalue weighted by molar-refractivity contribution is 0.498. The molecule has 3 nitrogen and oxygen atoms in total. The van der Waals surface area contributed by atoms with Crippen molar-refractivity contribution in [2.24, 2.45) is 0 Å². The van der Waals surface area contributed by atoms with Gasteiger partial charge in [-0.15, -0.1) is 10.2 Å². The Morgan fingerprint density at radius 2 is 2.19 bits per heavy atom. The van der Waals surface area contributed by atoms with Gasteiger partial charge < -0.3 is 4.42 Å². The Balaban J connectivity index is 2.35. The van der Waals surface area contributed by atoms with E-state index in [0.29, 0.717) is 22.3 Å². The van der Waals surface area contributed by atoms with Gasteiger partial charge in [0, 0.05) is 10.9 Å². The van der Waals surface area contributed by atoms with Gasteiger partial charge in [0.1, 0.15) is 5.82 Å². The Hall–Kier alpha value is -1.23. The highest BCUT2D eigenvalue weighted by Gasteiger charge is 2.12. The fourth-order valence-electron chi connectivity index (χ4n) is 1.34. The topological polar surface area (TPSA) is 38.9 Å². The third-order valence-electron chi connectivity index (χ3n) is 2.09. The van der Waals surface area contributed by atoms with E-state index in [0.717, 1.165) is 6.42 Å². The molecule has 2 rings (SSSR count). The maximum atomic E-state index is 13.6. The molecule has 5 heteroatoms. The molecule has 0 radical (unpaired) electrons. The number of rotatable bonds is 3. The normalized spacial score (nSPS) is 10.7. The zero-order valence-electron chi connectivity index (χ0n) is 8.70. The molecule has 0 saturated carbocycles. The Kier molecular flexibility index (Phi) is 3.33. The summed E-state index contributed by atoms with van der Waals surface area (Å²) in [5.74, 6) is 0.398. The van der Waals surface area contributed by atoms with Crippen molar-refractivity contribution >= 4 is 15.9 Å². The van der Waals surface area contributed by atoms with Crippen molar-refractivity contribution in [2.45, 2.75) is 19.8 Å². The van der Waals surface area contributed by atoms with Gasteiger partial charge in [-0.3, -0.25) is 0 Å². The van der Waals surface area contributed by atoms with Crippen molar-refractivity contribution in [1.82, 2.24) is 10.2 Å². The molecule has 16 heavy (non-hydrogen) atoms. The molecule has 0 amide bonds. The number of aromatic nitrogens is 2. The summed E-state index contributed by atoms with van der Waals surface area (Å²) in [6, 6.07) is 4.73. The minimum atomic E-state index is -0.374. The molecule has 0 aliphatic heterocycles. The van der Waals surface area contributed by atoms with Crippen LogP contribution in [0.5, 0.6) is 0 Å². The molecule has 0 aliphatic carbocycles. The van der Waals surface area contributed by atoms with Crippen LogP contribution in [0.4, 0.5) is 4.39 Å². The SMILES string of the molecule is CCCc1nnc(-c2ccc(Br)cc2F)o1. The third kappa shape index (κ3) is 2.29. The predicted molar refractivity (Wildman–Crippen MR) is 61.4 cm³/mol. The maximum absolute atomic E-state index is 13.6. The van der Waals surface area contributed by atoms with Gasteiger partial charge in [0.2, 0.25) is 5.89 Å². The molecule has 0 bridgehead atoms. The lowest BCUT2D eigenvalue weighted by Gasteiger charge is -1.97. The molecule has 0 N–H and O–H groups in total. The van der Waals surface area contributed by atoms with Crippen LogP contribution >= 0.6 is 15.9 Å². The summed E-state index contributed by atoms with van der Waals surface area (Å²) in [6.45, 7) is 2.02. The summed E-state index contributed by atoms with van der Waals surface area (Å²) >= 11 is 3.19. The van der Waals surface area contributed by atoms with E-state index in [2.05, 4.69) is 26.1 Å². The minimum Gasteiger partial charge on any atom is -0.421 e. The molecule has 0 fully saturated rings. The molecule has 1 heterocycles. The van der Waals surface area contributed by atoms with Crippen LogP contribution in [0.3, 0.4) is 0 Å². The van der Waals surface area contributed by atoms with Gasteiger partial charge in [-0.05, 0) is 24.6 Å². The van der Waals surface area contributed by atoms with Crippen LogP contribution in [-0.4, -0.2) is 10.2 Å². The Labute approximate surface area is 101 Å². The second-order valence-corrected chi connectivity index (χ2v) is 4.29. The molecule has 2 aromatic rings. The Morgan fingerprint density at radius 3 is 2.88 bits per heavy atom. The smallest absolute Gasteiger partial charge is 0.250 e. The minimum absolute atomic E-state index is 0.230. The van der Waals surface area contributed by atoms with E-state index in [4.69, 9.17) is 4.42 Å². The predicted octanol–water partition coefficient (Wildman–Crippen LogP) is 3.59. The molecular weight excluding hydrogens is 275 g/mol. The van der Waals surface area contributed by atoms with E-state index in [1.165, 1.54) is 6.07 Å². The first-order valence-electron chi connectivity index (χ1n) is 4.98. The van der Waals surface area contributed by atoms with Crippen molar-refractivity contribution in [1.29, 1.82) is 0 Å². The van der Waals surface area contributed by atoms with E-state index < -0.39 is 0 Å². The highest BCUT2D eigenvalue weighted by molar-refractivity contribution is 9.10. The number of aryl methyl sites for hydroxylation is 1. The number of hydrogen-bond acceptors (Lipinski definition) is 3. The molecule has 0 saturated heterocycles. The first-order valence-corrected chi connectivity index (χ1v) is 5.78. The van der Waals surface area contributed by atoms with E-state index in [1.54, 1.807) is 12.1 Å². The van der Waals surface area contributed by atoms with Crippen molar-refractivity contribution in [3.8, 4) is 11.5 Å². The van der Waals surface area contributed by atoms with Crippen LogP contribution in [0.15, 0.2) is 27.1 Å². The first kappa shape index (κ1) is 11.3. The van der Waals surface area contributed by atoms with Gasteiger partial charge in [-0.2, -0.15) is 0 Å². The summed E-state index contributed by atoms with van der Waals surface area (Å²) < 4.78 is 19.6. The fraction of sp³-hybridized carbons (Fsp3) is 0.273. The molecule has 84 valence electrons. The highest BCUT2D eigenvalue weighted by Crippen LogP contribution is 2.24. The second kappa shape index (κ2) is 4.74. The quantitative estimate of drug-likeness (QED) is 0.865. The van der Waals surface area contributed by atoms with E-state index in [-0.39, 0.29) is 11.7 Å². The summed E-state index contributed by atoms with van der Waals surface area (Å²) in [7, 11) is 0. The number of nitrogens with zero attached hydrogens (tertiary/aromatic N) is 2.